The number of hydrogen-bond donors (Lipinski definition) is 2. The van der Waals surface area contributed by atoms with Crippen LogP contribution in [0.3, 0.4) is 0 Å². The largest absolute Gasteiger partial charge is 0.444 e. The SMILES string of the molecule is C#CN(C(=O)C(NC(=O)OC(C)(C)C)C(C)CC)C(C(=O)Nc1c(C)cccc1C)c1cccc(C)c1C. The Morgan fingerprint density at radius 1 is 1.00 bits per heavy atom. The lowest BCUT2D eigenvalue weighted by Crippen LogP contribution is -2.53. The van der Waals surface area contributed by atoms with Gasteiger partial charge in [0.15, 0.2) is 0 Å². The molecule has 0 aliphatic carbocycles. The smallest absolute Gasteiger partial charge is 0.408 e. The van der Waals surface area contributed by atoms with Gasteiger partial charge in [-0.25, -0.2) is 4.79 Å². The van der Waals surface area contributed by atoms with Gasteiger partial charge in [0.05, 0.1) is 0 Å². The third kappa shape index (κ3) is 7.38. The molecule has 0 aromatic heterocycles. The number of nitrogens with zero attached hydrogens (tertiary/aromatic N) is 1. The second-order valence-corrected chi connectivity index (χ2v) is 10.8. The summed E-state index contributed by atoms with van der Waals surface area (Å²) in [6.45, 7) is 16.6. The van der Waals surface area contributed by atoms with Crippen molar-refractivity contribution in [3.05, 3.63) is 64.2 Å². The molecule has 0 aliphatic rings. The normalized spacial score (nSPS) is 13.5. The molecule has 2 N–H and O–H groups in total. The van der Waals surface area contributed by atoms with Crippen LogP contribution in [0.15, 0.2) is 36.4 Å². The molecule has 2 rings (SSSR count). The molecule has 0 fully saturated rings. The number of rotatable bonds is 8. The van der Waals surface area contributed by atoms with E-state index in [0.717, 1.165) is 27.2 Å². The molecule has 0 saturated heterocycles. The highest BCUT2D eigenvalue weighted by Crippen LogP contribution is 2.30. The molecule has 204 valence electrons. The maximum absolute atomic E-state index is 14.0. The van der Waals surface area contributed by atoms with E-state index in [0.29, 0.717) is 17.7 Å². The molecular formula is C31H41N3O4. The van der Waals surface area contributed by atoms with E-state index in [1.54, 1.807) is 26.8 Å². The topological polar surface area (TPSA) is 87.7 Å². The number of alkyl carbamates (subject to hydrolysis) is 1. The fraction of sp³-hybridized carbons (Fsp3) is 0.452. The second-order valence-electron chi connectivity index (χ2n) is 10.8. The van der Waals surface area contributed by atoms with Gasteiger partial charge in [-0.15, -0.1) is 0 Å². The molecule has 0 heterocycles. The zero-order chi connectivity index (χ0) is 28.8. The van der Waals surface area contributed by atoms with Crippen molar-refractivity contribution in [3.8, 4) is 12.5 Å². The van der Waals surface area contributed by atoms with Crippen LogP contribution in [0.25, 0.3) is 0 Å². The Labute approximate surface area is 227 Å². The summed E-state index contributed by atoms with van der Waals surface area (Å²) in [4.78, 5) is 41.7. The van der Waals surface area contributed by atoms with Crippen molar-refractivity contribution in [2.75, 3.05) is 5.32 Å². The van der Waals surface area contributed by atoms with Gasteiger partial charge in [-0.2, -0.15) is 0 Å². The molecule has 0 radical (unpaired) electrons. The lowest BCUT2D eigenvalue weighted by atomic mass is 9.93. The monoisotopic (exact) mass is 519 g/mol. The first kappa shape index (κ1) is 30.4. The Hall–Kier alpha value is -3.79. The Morgan fingerprint density at radius 2 is 1.55 bits per heavy atom. The van der Waals surface area contributed by atoms with Gasteiger partial charge >= 0.3 is 6.09 Å². The van der Waals surface area contributed by atoms with Gasteiger partial charge in [0.2, 0.25) is 0 Å². The lowest BCUT2D eigenvalue weighted by molar-refractivity contribution is -0.137. The van der Waals surface area contributed by atoms with Crippen LogP contribution in [0.1, 0.15) is 74.9 Å². The zero-order valence-corrected chi connectivity index (χ0v) is 24.1. The number of aryl methyl sites for hydroxylation is 3. The third-order valence-corrected chi connectivity index (χ3v) is 6.70. The summed E-state index contributed by atoms with van der Waals surface area (Å²) < 4.78 is 5.41. The fourth-order valence-electron chi connectivity index (χ4n) is 4.20. The predicted octanol–water partition coefficient (Wildman–Crippen LogP) is 5.96. The fourth-order valence-corrected chi connectivity index (χ4v) is 4.20. The van der Waals surface area contributed by atoms with E-state index in [1.807, 2.05) is 71.9 Å². The molecule has 38 heavy (non-hydrogen) atoms. The molecule has 0 bridgehead atoms. The summed E-state index contributed by atoms with van der Waals surface area (Å²) in [5.41, 5.74) is 4.12. The predicted molar refractivity (Wildman–Crippen MR) is 151 cm³/mol. The Morgan fingerprint density at radius 3 is 2.08 bits per heavy atom. The molecule has 3 unspecified atom stereocenters. The molecule has 0 saturated carbocycles. The van der Waals surface area contributed by atoms with Crippen LogP contribution in [0.4, 0.5) is 10.5 Å². The van der Waals surface area contributed by atoms with Crippen LogP contribution < -0.4 is 10.6 Å². The zero-order valence-electron chi connectivity index (χ0n) is 24.1. The molecule has 2 aromatic carbocycles. The quantitative estimate of drug-likeness (QED) is 0.333. The number of amides is 3. The first-order valence-corrected chi connectivity index (χ1v) is 12.9. The molecule has 3 amide bonds. The number of carbonyl (C=O) groups excluding carboxylic acids is 3. The van der Waals surface area contributed by atoms with Crippen LogP contribution >= 0.6 is 0 Å². The van der Waals surface area contributed by atoms with Gasteiger partial charge in [-0.05, 0) is 82.2 Å². The highest BCUT2D eigenvalue weighted by Gasteiger charge is 2.38. The van der Waals surface area contributed by atoms with E-state index in [4.69, 9.17) is 11.2 Å². The van der Waals surface area contributed by atoms with Crippen molar-refractivity contribution in [1.29, 1.82) is 0 Å². The minimum absolute atomic E-state index is 0.271. The van der Waals surface area contributed by atoms with Crippen LogP contribution in [0.2, 0.25) is 0 Å². The third-order valence-electron chi connectivity index (χ3n) is 6.70. The minimum atomic E-state index is -1.13. The number of ether oxygens (including phenoxy) is 1. The number of nitrogens with one attached hydrogen (secondary N) is 2. The first-order chi connectivity index (χ1) is 17.7. The van der Waals surface area contributed by atoms with Crippen molar-refractivity contribution < 1.29 is 19.1 Å². The highest BCUT2D eigenvalue weighted by atomic mass is 16.6. The van der Waals surface area contributed by atoms with Crippen molar-refractivity contribution in [3.63, 3.8) is 0 Å². The van der Waals surface area contributed by atoms with E-state index in [2.05, 4.69) is 16.7 Å². The van der Waals surface area contributed by atoms with Gasteiger partial charge in [-0.1, -0.05) is 63.1 Å². The van der Waals surface area contributed by atoms with Gasteiger partial charge in [0.1, 0.15) is 17.7 Å². The summed E-state index contributed by atoms with van der Waals surface area (Å²) in [6.07, 6.45) is 5.80. The van der Waals surface area contributed by atoms with Crippen LogP contribution in [0.5, 0.6) is 0 Å². The molecule has 2 aromatic rings. The number of hydrogen-bond acceptors (Lipinski definition) is 4. The molecular weight excluding hydrogens is 478 g/mol. The Bertz CT molecular complexity index is 1200. The molecule has 3 atom stereocenters. The van der Waals surface area contributed by atoms with Crippen LogP contribution in [-0.2, 0) is 14.3 Å². The van der Waals surface area contributed by atoms with E-state index >= 15 is 0 Å². The second kappa shape index (κ2) is 12.6. The van der Waals surface area contributed by atoms with Crippen molar-refractivity contribution in [2.24, 2.45) is 5.92 Å². The first-order valence-electron chi connectivity index (χ1n) is 12.9. The average molecular weight is 520 g/mol. The minimum Gasteiger partial charge on any atom is -0.444 e. The molecule has 7 heteroatoms. The van der Waals surface area contributed by atoms with Gasteiger partial charge in [-0.3, -0.25) is 14.5 Å². The maximum Gasteiger partial charge on any atom is 0.408 e. The van der Waals surface area contributed by atoms with Gasteiger partial charge in [0.25, 0.3) is 11.8 Å². The van der Waals surface area contributed by atoms with Gasteiger partial charge < -0.3 is 15.4 Å². The number of para-hydroxylation sites is 1. The number of terminal acetylenes is 1. The molecule has 0 spiro atoms. The Balaban J connectivity index is 2.59. The van der Waals surface area contributed by atoms with E-state index in [9.17, 15) is 14.4 Å². The van der Waals surface area contributed by atoms with E-state index < -0.39 is 35.6 Å². The maximum atomic E-state index is 14.0. The molecule has 7 nitrogen and oxygen atoms in total. The average Bonchev–Trinajstić information content (AvgIpc) is 2.83. The lowest BCUT2D eigenvalue weighted by Gasteiger charge is -2.33. The number of anilines is 1. The number of carbonyl (C=O) groups is 3. The summed E-state index contributed by atoms with van der Waals surface area (Å²) in [6, 6.07) is 11.6. The van der Waals surface area contributed by atoms with E-state index in [-0.39, 0.29) is 5.92 Å². The Kier molecular flexibility index (Phi) is 10.1. The van der Waals surface area contributed by atoms with Crippen LogP contribution in [0, 0.1) is 46.1 Å². The summed E-state index contributed by atoms with van der Waals surface area (Å²) in [5, 5.41) is 5.71. The van der Waals surface area contributed by atoms with E-state index in [1.165, 1.54) is 0 Å². The number of benzene rings is 2. The molecule has 0 aliphatic heterocycles. The highest BCUT2D eigenvalue weighted by molar-refractivity contribution is 6.00. The summed E-state index contributed by atoms with van der Waals surface area (Å²) >= 11 is 0. The summed E-state index contributed by atoms with van der Waals surface area (Å²) in [5.74, 6) is -1.27. The van der Waals surface area contributed by atoms with Gasteiger partial charge in [0, 0.05) is 11.7 Å². The van der Waals surface area contributed by atoms with Crippen LogP contribution in [-0.4, -0.2) is 34.5 Å². The van der Waals surface area contributed by atoms with Crippen molar-refractivity contribution in [1.82, 2.24) is 10.2 Å². The van der Waals surface area contributed by atoms with Crippen molar-refractivity contribution >= 4 is 23.6 Å². The van der Waals surface area contributed by atoms with Crippen molar-refractivity contribution in [2.45, 2.75) is 86.4 Å². The standard InChI is InChI=1S/C31H41N3O4/c1-11-19(3)26(33-30(37)38-31(8,9)10)29(36)34(12-2)27(24-18-14-15-20(4)23(24)7)28(35)32-25-21(5)16-13-17-22(25)6/h2,13-19,26-27H,11H2,1,3-10H3,(H,32,35)(H,33,37). The summed E-state index contributed by atoms with van der Waals surface area (Å²) in [7, 11) is 0.